The van der Waals surface area contributed by atoms with Crippen molar-refractivity contribution in [3.63, 3.8) is 0 Å². The first kappa shape index (κ1) is 15.3. The first-order valence-corrected chi connectivity index (χ1v) is 6.98. The van der Waals surface area contributed by atoms with Crippen molar-refractivity contribution in [1.29, 1.82) is 0 Å². The second kappa shape index (κ2) is 9.56. The predicted octanol–water partition coefficient (Wildman–Crippen LogP) is 1.66. The summed E-state index contributed by atoms with van der Waals surface area (Å²) >= 11 is 0. The summed E-state index contributed by atoms with van der Waals surface area (Å²) in [4.78, 5) is 11.7. The number of carbonyl (C=O) groups is 1. The van der Waals surface area contributed by atoms with Crippen molar-refractivity contribution >= 4 is 15.5 Å². The molecule has 0 spiro atoms. The summed E-state index contributed by atoms with van der Waals surface area (Å²) < 4.78 is 15.1. The van der Waals surface area contributed by atoms with Crippen LogP contribution >= 0.6 is 0 Å². The standard InChI is InChI=1S/C11H20O4Si/c1-5-6-15-11(12)9(8-16-4)7-10(13-2)14-3/h7,10H,5-6,8H2,1-4H3. The zero-order valence-electron chi connectivity index (χ0n) is 10.4. The van der Waals surface area contributed by atoms with Crippen LogP contribution in [0.25, 0.3) is 0 Å². The van der Waals surface area contributed by atoms with E-state index in [0.717, 1.165) is 6.42 Å². The van der Waals surface area contributed by atoms with Gasteiger partial charge in [-0.15, -0.1) is 0 Å². The molecule has 0 saturated heterocycles. The molecule has 0 aromatic heterocycles. The number of ether oxygens (including phenoxy) is 3. The molecule has 4 nitrogen and oxygen atoms in total. The molecule has 0 aromatic rings. The van der Waals surface area contributed by atoms with Crippen molar-refractivity contribution in [2.45, 2.75) is 32.2 Å². The molecule has 0 amide bonds. The van der Waals surface area contributed by atoms with E-state index in [2.05, 4.69) is 0 Å². The topological polar surface area (TPSA) is 44.8 Å². The highest BCUT2D eigenvalue weighted by molar-refractivity contribution is 6.35. The fraction of sp³-hybridized carbons (Fsp3) is 0.727. The zero-order valence-corrected chi connectivity index (χ0v) is 11.4. The van der Waals surface area contributed by atoms with Gasteiger partial charge in [0.15, 0.2) is 6.29 Å². The summed E-state index contributed by atoms with van der Waals surface area (Å²) in [5, 5.41) is 0. The summed E-state index contributed by atoms with van der Waals surface area (Å²) in [6.07, 6.45) is 2.01. The Bertz CT molecular complexity index is 224. The van der Waals surface area contributed by atoms with Crippen molar-refractivity contribution < 1.29 is 19.0 Å². The quantitative estimate of drug-likeness (QED) is 0.282. The fourth-order valence-electron chi connectivity index (χ4n) is 1.07. The highest BCUT2D eigenvalue weighted by atomic mass is 28.2. The van der Waals surface area contributed by atoms with E-state index >= 15 is 0 Å². The van der Waals surface area contributed by atoms with Crippen LogP contribution in [0.4, 0.5) is 0 Å². The normalized spacial score (nSPS) is 11.9. The number of methoxy groups -OCH3 is 2. The van der Waals surface area contributed by atoms with E-state index in [4.69, 9.17) is 14.2 Å². The third-order valence-corrected chi connectivity index (χ3v) is 2.60. The number of hydrogen-bond acceptors (Lipinski definition) is 4. The summed E-state index contributed by atoms with van der Waals surface area (Å²) in [6.45, 7) is 4.45. The molecule has 0 aromatic carbocycles. The highest BCUT2D eigenvalue weighted by Crippen LogP contribution is 2.08. The fourth-order valence-corrected chi connectivity index (χ4v) is 1.72. The number of esters is 1. The molecular weight excluding hydrogens is 224 g/mol. The molecule has 0 aliphatic heterocycles. The first-order chi connectivity index (χ1) is 7.69. The summed E-state index contributed by atoms with van der Waals surface area (Å²) in [7, 11) is 3.73. The molecule has 0 aliphatic carbocycles. The van der Waals surface area contributed by atoms with E-state index in [9.17, 15) is 4.79 Å². The Labute approximate surface area is 99.8 Å². The van der Waals surface area contributed by atoms with Gasteiger partial charge in [0, 0.05) is 29.3 Å². The Balaban J connectivity index is 4.50. The van der Waals surface area contributed by atoms with Crippen molar-refractivity contribution in [1.82, 2.24) is 0 Å². The molecule has 0 heterocycles. The molecule has 0 saturated carbocycles. The van der Waals surface area contributed by atoms with Gasteiger partial charge in [-0.05, 0) is 18.5 Å². The Morgan fingerprint density at radius 2 is 2.00 bits per heavy atom. The molecule has 0 aliphatic rings. The molecule has 16 heavy (non-hydrogen) atoms. The molecule has 5 heteroatoms. The Morgan fingerprint density at radius 1 is 1.38 bits per heavy atom. The number of hydrogen-bond donors (Lipinski definition) is 0. The molecule has 2 radical (unpaired) electrons. The van der Waals surface area contributed by atoms with Gasteiger partial charge in [0.2, 0.25) is 0 Å². The summed E-state index contributed by atoms with van der Waals surface area (Å²) in [6, 6.07) is 0.700. The Kier molecular flexibility index (Phi) is 9.17. The van der Waals surface area contributed by atoms with Gasteiger partial charge >= 0.3 is 5.97 Å². The van der Waals surface area contributed by atoms with Crippen LogP contribution in [0.5, 0.6) is 0 Å². The van der Waals surface area contributed by atoms with Crippen LogP contribution in [0.15, 0.2) is 11.6 Å². The minimum absolute atomic E-state index is 0.268. The molecule has 0 unspecified atom stereocenters. The second-order valence-electron chi connectivity index (χ2n) is 3.20. The highest BCUT2D eigenvalue weighted by Gasteiger charge is 2.13. The smallest absolute Gasteiger partial charge is 0.333 e. The van der Waals surface area contributed by atoms with Gasteiger partial charge in [-0.25, -0.2) is 4.79 Å². The molecule has 0 rings (SSSR count). The van der Waals surface area contributed by atoms with Gasteiger partial charge in [-0.1, -0.05) is 13.5 Å². The summed E-state index contributed by atoms with van der Waals surface area (Å²) in [5.74, 6) is -0.268. The SMILES string of the molecule is CCCOC(=O)C(=CC(OC)OC)C[Si]C. The maximum absolute atomic E-state index is 11.7. The van der Waals surface area contributed by atoms with Gasteiger partial charge in [0.1, 0.15) is 0 Å². The maximum atomic E-state index is 11.7. The van der Waals surface area contributed by atoms with Crippen LogP contribution < -0.4 is 0 Å². The van der Waals surface area contributed by atoms with Crippen LogP contribution in [0, 0.1) is 0 Å². The molecule has 0 atom stereocenters. The van der Waals surface area contributed by atoms with E-state index in [1.807, 2.05) is 13.5 Å². The third kappa shape index (κ3) is 6.04. The lowest BCUT2D eigenvalue weighted by atomic mass is 10.3. The van der Waals surface area contributed by atoms with Gasteiger partial charge in [-0.3, -0.25) is 0 Å². The Morgan fingerprint density at radius 3 is 2.44 bits per heavy atom. The van der Waals surface area contributed by atoms with Gasteiger partial charge < -0.3 is 14.2 Å². The number of rotatable bonds is 8. The molecule has 92 valence electrons. The monoisotopic (exact) mass is 244 g/mol. The predicted molar refractivity (Wildman–Crippen MR) is 63.6 cm³/mol. The lowest BCUT2D eigenvalue weighted by molar-refractivity contribution is -0.139. The lowest BCUT2D eigenvalue weighted by Crippen LogP contribution is -2.15. The minimum atomic E-state index is -0.486. The van der Waals surface area contributed by atoms with E-state index < -0.39 is 6.29 Å². The zero-order chi connectivity index (χ0) is 12.4. The summed E-state index contributed by atoms with van der Waals surface area (Å²) in [5.41, 5.74) is 0.628. The molecule has 0 bridgehead atoms. The van der Waals surface area contributed by atoms with Crippen LogP contribution in [0.3, 0.4) is 0 Å². The van der Waals surface area contributed by atoms with E-state index in [1.165, 1.54) is 14.2 Å². The van der Waals surface area contributed by atoms with E-state index in [-0.39, 0.29) is 5.97 Å². The van der Waals surface area contributed by atoms with Gasteiger partial charge in [0.25, 0.3) is 0 Å². The average molecular weight is 244 g/mol. The van der Waals surface area contributed by atoms with Crippen molar-refractivity contribution in [3.05, 3.63) is 11.6 Å². The van der Waals surface area contributed by atoms with E-state index in [1.54, 1.807) is 6.08 Å². The minimum Gasteiger partial charge on any atom is -0.462 e. The second-order valence-corrected chi connectivity index (χ2v) is 4.26. The van der Waals surface area contributed by atoms with Crippen molar-refractivity contribution in [3.8, 4) is 0 Å². The molecule has 0 N–H and O–H groups in total. The van der Waals surface area contributed by atoms with Crippen molar-refractivity contribution in [2.75, 3.05) is 20.8 Å². The Hall–Kier alpha value is -0.653. The average Bonchev–Trinajstić information content (AvgIpc) is 2.31. The number of carbonyl (C=O) groups excluding carboxylic acids is 1. The lowest BCUT2D eigenvalue weighted by Gasteiger charge is -2.12. The van der Waals surface area contributed by atoms with E-state index in [0.29, 0.717) is 27.7 Å². The largest absolute Gasteiger partial charge is 0.462 e. The maximum Gasteiger partial charge on any atom is 0.333 e. The third-order valence-electron chi connectivity index (χ3n) is 1.87. The van der Waals surface area contributed by atoms with Gasteiger partial charge in [-0.2, -0.15) is 0 Å². The van der Waals surface area contributed by atoms with Gasteiger partial charge in [0.05, 0.1) is 6.61 Å². The molecular formula is C11H20O4Si. The van der Waals surface area contributed by atoms with Crippen LogP contribution in [0.1, 0.15) is 13.3 Å². The van der Waals surface area contributed by atoms with Crippen LogP contribution in [-0.2, 0) is 19.0 Å². The first-order valence-electron chi connectivity index (χ1n) is 5.27. The van der Waals surface area contributed by atoms with Crippen molar-refractivity contribution in [2.24, 2.45) is 0 Å². The van der Waals surface area contributed by atoms with Crippen LogP contribution in [0.2, 0.25) is 12.6 Å². The molecule has 0 fully saturated rings. The van der Waals surface area contributed by atoms with Crippen LogP contribution in [-0.4, -0.2) is 42.6 Å².